The molecular formula is C24H20N2OS2. The molecular weight excluding hydrogens is 396 g/mol. The third-order valence-corrected chi connectivity index (χ3v) is 6.06. The Morgan fingerprint density at radius 1 is 0.897 bits per heavy atom. The molecule has 1 heterocycles. The summed E-state index contributed by atoms with van der Waals surface area (Å²) in [5.41, 5.74) is 5.26. The van der Waals surface area contributed by atoms with Crippen molar-refractivity contribution in [1.82, 2.24) is 4.98 Å². The molecule has 144 valence electrons. The summed E-state index contributed by atoms with van der Waals surface area (Å²) in [6, 6.07) is 26.7. The second-order valence-electron chi connectivity index (χ2n) is 6.55. The Labute approximate surface area is 178 Å². The fourth-order valence-corrected chi connectivity index (χ4v) is 4.16. The van der Waals surface area contributed by atoms with Crippen LogP contribution in [0, 0.1) is 0 Å². The fraction of sp³-hybridized carbons (Fsp3) is 0.0833. The van der Waals surface area contributed by atoms with Crippen molar-refractivity contribution in [2.75, 3.05) is 11.6 Å². The molecule has 0 spiro atoms. The SMILES string of the molecule is CSc1ccc(CC(=O)Nc2nc(-c3ccc(-c4ccccc4)cc3)cs2)cc1. The van der Waals surface area contributed by atoms with Crippen LogP contribution in [0.25, 0.3) is 22.4 Å². The van der Waals surface area contributed by atoms with E-state index in [1.54, 1.807) is 11.8 Å². The van der Waals surface area contributed by atoms with E-state index in [-0.39, 0.29) is 5.91 Å². The molecule has 0 aliphatic carbocycles. The minimum Gasteiger partial charge on any atom is -0.302 e. The zero-order valence-electron chi connectivity index (χ0n) is 16.0. The Morgan fingerprint density at radius 3 is 2.24 bits per heavy atom. The molecule has 0 atom stereocenters. The summed E-state index contributed by atoms with van der Waals surface area (Å²) in [5.74, 6) is -0.0535. The first-order chi connectivity index (χ1) is 14.2. The molecule has 0 fully saturated rings. The summed E-state index contributed by atoms with van der Waals surface area (Å²) in [6.07, 6.45) is 2.38. The molecule has 3 aromatic carbocycles. The lowest BCUT2D eigenvalue weighted by Crippen LogP contribution is -2.14. The molecule has 1 aromatic heterocycles. The number of amides is 1. The predicted octanol–water partition coefficient (Wildman–Crippen LogP) is 6.38. The lowest BCUT2D eigenvalue weighted by atomic mass is 10.0. The van der Waals surface area contributed by atoms with E-state index in [1.165, 1.54) is 27.4 Å². The molecule has 3 nitrogen and oxygen atoms in total. The van der Waals surface area contributed by atoms with Crippen LogP contribution < -0.4 is 5.32 Å². The van der Waals surface area contributed by atoms with E-state index < -0.39 is 0 Å². The Balaban J connectivity index is 1.40. The molecule has 0 saturated carbocycles. The normalized spacial score (nSPS) is 10.7. The second-order valence-corrected chi connectivity index (χ2v) is 8.29. The van der Waals surface area contributed by atoms with Crippen LogP contribution in [-0.4, -0.2) is 17.1 Å². The Morgan fingerprint density at radius 2 is 1.55 bits per heavy atom. The van der Waals surface area contributed by atoms with Gasteiger partial charge in [-0.3, -0.25) is 4.79 Å². The highest BCUT2D eigenvalue weighted by molar-refractivity contribution is 7.98. The highest BCUT2D eigenvalue weighted by Crippen LogP contribution is 2.27. The second kappa shape index (κ2) is 9.07. The molecule has 0 unspecified atom stereocenters. The molecule has 0 bridgehead atoms. The van der Waals surface area contributed by atoms with Crippen LogP contribution in [0.3, 0.4) is 0 Å². The summed E-state index contributed by atoms with van der Waals surface area (Å²) in [5, 5.41) is 5.51. The molecule has 1 N–H and O–H groups in total. The van der Waals surface area contributed by atoms with Crippen LogP contribution in [0.2, 0.25) is 0 Å². The van der Waals surface area contributed by atoms with Gasteiger partial charge in [0.05, 0.1) is 12.1 Å². The molecule has 0 saturated heterocycles. The first kappa shape index (κ1) is 19.4. The molecule has 0 aliphatic heterocycles. The van der Waals surface area contributed by atoms with Crippen molar-refractivity contribution in [3.8, 4) is 22.4 Å². The van der Waals surface area contributed by atoms with Gasteiger partial charge in [-0.1, -0.05) is 66.7 Å². The van der Waals surface area contributed by atoms with Gasteiger partial charge in [-0.05, 0) is 35.1 Å². The van der Waals surface area contributed by atoms with Gasteiger partial charge in [0.15, 0.2) is 5.13 Å². The standard InChI is InChI=1S/C24H20N2OS2/c1-28-21-13-7-17(8-14-21)15-23(27)26-24-25-22(16-29-24)20-11-9-19(10-12-20)18-5-3-2-4-6-18/h2-14,16H,15H2,1H3,(H,25,26,27). The van der Waals surface area contributed by atoms with Crippen molar-refractivity contribution in [2.24, 2.45) is 0 Å². The van der Waals surface area contributed by atoms with Crippen molar-refractivity contribution in [3.63, 3.8) is 0 Å². The number of benzene rings is 3. The average Bonchev–Trinajstić information content (AvgIpc) is 3.23. The van der Waals surface area contributed by atoms with E-state index in [0.717, 1.165) is 16.8 Å². The average molecular weight is 417 g/mol. The smallest absolute Gasteiger partial charge is 0.230 e. The van der Waals surface area contributed by atoms with Gasteiger partial charge in [-0.15, -0.1) is 23.1 Å². The maximum atomic E-state index is 12.3. The van der Waals surface area contributed by atoms with E-state index in [2.05, 4.69) is 46.7 Å². The quantitative estimate of drug-likeness (QED) is 0.371. The topological polar surface area (TPSA) is 42.0 Å². The number of hydrogen-bond donors (Lipinski definition) is 1. The lowest BCUT2D eigenvalue weighted by molar-refractivity contribution is -0.115. The number of rotatable bonds is 6. The van der Waals surface area contributed by atoms with Gasteiger partial charge in [-0.2, -0.15) is 0 Å². The molecule has 4 aromatic rings. The van der Waals surface area contributed by atoms with E-state index in [1.807, 2.05) is 54.1 Å². The number of nitrogens with one attached hydrogen (secondary N) is 1. The van der Waals surface area contributed by atoms with E-state index >= 15 is 0 Å². The molecule has 5 heteroatoms. The van der Waals surface area contributed by atoms with Crippen LogP contribution in [0.4, 0.5) is 5.13 Å². The van der Waals surface area contributed by atoms with Gasteiger partial charge in [0, 0.05) is 15.8 Å². The number of carbonyl (C=O) groups is 1. The maximum Gasteiger partial charge on any atom is 0.230 e. The highest BCUT2D eigenvalue weighted by Gasteiger charge is 2.09. The van der Waals surface area contributed by atoms with Gasteiger partial charge in [0.25, 0.3) is 0 Å². The Bertz CT molecular complexity index is 1090. The number of thioether (sulfide) groups is 1. The monoisotopic (exact) mass is 416 g/mol. The number of carbonyl (C=O) groups excluding carboxylic acids is 1. The van der Waals surface area contributed by atoms with Crippen LogP contribution in [-0.2, 0) is 11.2 Å². The zero-order chi connectivity index (χ0) is 20.1. The predicted molar refractivity (Wildman–Crippen MR) is 124 cm³/mol. The summed E-state index contributed by atoms with van der Waals surface area (Å²) in [4.78, 5) is 18.1. The van der Waals surface area contributed by atoms with Crippen molar-refractivity contribution in [1.29, 1.82) is 0 Å². The van der Waals surface area contributed by atoms with Crippen molar-refractivity contribution < 1.29 is 4.79 Å². The zero-order valence-corrected chi connectivity index (χ0v) is 17.6. The highest BCUT2D eigenvalue weighted by atomic mass is 32.2. The molecule has 4 rings (SSSR count). The van der Waals surface area contributed by atoms with Gasteiger partial charge < -0.3 is 5.32 Å². The molecule has 29 heavy (non-hydrogen) atoms. The van der Waals surface area contributed by atoms with Crippen LogP contribution in [0.15, 0.2) is 89.1 Å². The maximum absolute atomic E-state index is 12.3. The number of anilines is 1. The Hall–Kier alpha value is -2.89. The van der Waals surface area contributed by atoms with Gasteiger partial charge in [0.2, 0.25) is 5.91 Å². The number of hydrogen-bond acceptors (Lipinski definition) is 4. The van der Waals surface area contributed by atoms with E-state index in [0.29, 0.717) is 11.6 Å². The van der Waals surface area contributed by atoms with E-state index in [4.69, 9.17) is 0 Å². The number of nitrogens with zero attached hydrogens (tertiary/aromatic N) is 1. The third-order valence-electron chi connectivity index (χ3n) is 4.56. The van der Waals surface area contributed by atoms with Crippen LogP contribution >= 0.6 is 23.1 Å². The van der Waals surface area contributed by atoms with Gasteiger partial charge >= 0.3 is 0 Å². The fourth-order valence-electron chi connectivity index (χ4n) is 3.02. The summed E-state index contributed by atoms with van der Waals surface area (Å²) in [6.45, 7) is 0. The third kappa shape index (κ3) is 4.94. The summed E-state index contributed by atoms with van der Waals surface area (Å²) in [7, 11) is 0. The van der Waals surface area contributed by atoms with Crippen molar-refractivity contribution in [2.45, 2.75) is 11.3 Å². The van der Waals surface area contributed by atoms with Crippen LogP contribution in [0.5, 0.6) is 0 Å². The summed E-state index contributed by atoms with van der Waals surface area (Å²) >= 11 is 3.13. The van der Waals surface area contributed by atoms with E-state index in [9.17, 15) is 4.79 Å². The molecule has 1 amide bonds. The minimum atomic E-state index is -0.0535. The molecule has 0 aliphatic rings. The number of thiazole rings is 1. The lowest BCUT2D eigenvalue weighted by Gasteiger charge is -2.04. The van der Waals surface area contributed by atoms with Crippen molar-refractivity contribution in [3.05, 3.63) is 89.8 Å². The number of aromatic nitrogens is 1. The van der Waals surface area contributed by atoms with Crippen molar-refractivity contribution >= 4 is 34.1 Å². The Kier molecular flexibility index (Phi) is 6.08. The van der Waals surface area contributed by atoms with Gasteiger partial charge in [0.1, 0.15) is 0 Å². The minimum absolute atomic E-state index is 0.0535. The van der Waals surface area contributed by atoms with Gasteiger partial charge in [-0.25, -0.2) is 4.98 Å². The first-order valence-corrected chi connectivity index (χ1v) is 11.4. The first-order valence-electron chi connectivity index (χ1n) is 9.25. The van der Waals surface area contributed by atoms with Crippen LogP contribution in [0.1, 0.15) is 5.56 Å². The molecule has 0 radical (unpaired) electrons. The summed E-state index contributed by atoms with van der Waals surface area (Å²) < 4.78 is 0. The largest absolute Gasteiger partial charge is 0.302 e.